The van der Waals surface area contributed by atoms with Gasteiger partial charge in [0.1, 0.15) is 0 Å². The third-order valence-corrected chi connectivity index (χ3v) is 6.09. The molecule has 2 fully saturated rings. The lowest BCUT2D eigenvalue weighted by molar-refractivity contribution is -0.140. The van der Waals surface area contributed by atoms with E-state index >= 15 is 0 Å². The fourth-order valence-corrected chi connectivity index (χ4v) is 4.62. The summed E-state index contributed by atoms with van der Waals surface area (Å²) in [5.74, 6) is -0.550. The summed E-state index contributed by atoms with van der Waals surface area (Å²) in [6.45, 7) is 1.84. The largest absolute Gasteiger partial charge is 0.481 e. The number of carbonyl (C=O) groups is 3. The van der Waals surface area contributed by atoms with Gasteiger partial charge in [0, 0.05) is 25.5 Å². The number of carboxylic acid groups (broad SMARTS) is 1. The maximum atomic E-state index is 12.6. The number of carboxylic acids is 1. The van der Waals surface area contributed by atoms with Crippen molar-refractivity contribution < 1.29 is 24.2 Å². The van der Waals surface area contributed by atoms with Crippen molar-refractivity contribution in [1.29, 1.82) is 0 Å². The highest BCUT2D eigenvalue weighted by Gasteiger charge is 2.34. The third-order valence-electron chi connectivity index (χ3n) is 6.09. The molecule has 7 nitrogen and oxygen atoms in total. The van der Waals surface area contributed by atoms with Gasteiger partial charge in [0.15, 0.2) is 0 Å². The van der Waals surface area contributed by atoms with Gasteiger partial charge in [-0.2, -0.15) is 0 Å². The van der Waals surface area contributed by atoms with Crippen LogP contribution in [0.4, 0.5) is 0 Å². The zero-order chi connectivity index (χ0) is 20.6. The number of ether oxygens (including phenoxy) is 1. The molecule has 160 valence electrons. The van der Waals surface area contributed by atoms with E-state index < -0.39 is 11.5 Å². The molecule has 0 aromatic carbocycles. The number of amides is 2. The number of carbonyl (C=O) groups excluding carboxylic acids is 2. The van der Waals surface area contributed by atoms with Gasteiger partial charge in [0.05, 0.1) is 18.6 Å². The maximum Gasteiger partial charge on any atom is 0.305 e. The van der Waals surface area contributed by atoms with E-state index in [-0.39, 0.29) is 36.8 Å². The Kier molecular flexibility index (Phi) is 8.73. The van der Waals surface area contributed by atoms with E-state index in [1.165, 1.54) is 26.4 Å². The van der Waals surface area contributed by atoms with Crippen molar-refractivity contribution in [3.8, 4) is 0 Å². The third kappa shape index (κ3) is 7.41. The Morgan fingerprint density at radius 3 is 2.25 bits per heavy atom. The van der Waals surface area contributed by atoms with Crippen molar-refractivity contribution in [2.75, 3.05) is 13.7 Å². The van der Waals surface area contributed by atoms with E-state index in [1.807, 2.05) is 0 Å². The zero-order valence-electron chi connectivity index (χ0n) is 17.3. The molecule has 0 bridgehead atoms. The summed E-state index contributed by atoms with van der Waals surface area (Å²) in [7, 11) is 1.49. The van der Waals surface area contributed by atoms with Crippen molar-refractivity contribution in [1.82, 2.24) is 10.6 Å². The number of hydrogen-bond donors (Lipinski definition) is 3. The van der Waals surface area contributed by atoms with Crippen LogP contribution < -0.4 is 10.6 Å². The van der Waals surface area contributed by atoms with E-state index in [0.717, 1.165) is 25.7 Å². The van der Waals surface area contributed by atoms with Crippen LogP contribution in [0.5, 0.6) is 0 Å². The van der Waals surface area contributed by atoms with Crippen LogP contribution >= 0.6 is 0 Å². The molecule has 0 heterocycles. The number of nitrogens with one attached hydrogen (secondary N) is 2. The topological polar surface area (TPSA) is 105 Å². The van der Waals surface area contributed by atoms with Crippen LogP contribution in [0.2, 0.25) is 0 Å². The van der Waals surface area contributed by atoms with Gasteiger partial charge in [0.2, 0.25) is 11.8 Å². The maximum absolute atomic E-state index is 12.6. The first-order valence-electron chi connectivity index (χ1n) is 10.6. The van der Waals surface area contributed by atoms with Crippen LogP contribution in [0, 0.1) is 11.8 Å². The Hall–Kier alpha value is -1.63. The van der Waals surface area contributed by atoms with Gasteiger partial charge in [-0.15, -0.1) is 0 Å². The van der Waals surface area contributed by atoms with Crippen LogP contribution in [0.1, 0.15) is 77.6 Å². The molecule has 2 rings (SSSR count). The predicted octanol–water partition coefficient (Wildman–Crippen LogP) is 2.63. The lowest BCUT2D eigenvalue weighted by Gasteiger charge is -2.33. The SMILES string of the molecule is COCC(C)(CC(=O)O)NC(=O)C1CCC(NC(=O)CC2CCCCC2)CC1. The van der Waals surface area contributed by atoms with E-state index in [2.05, 4.69) is 10.6 Å². The first-order chi connectivity index (χ1) is 13.3. The second kappa shape index (κ2) is 10.8. The first kappa shape index (κ1) is 22.7. The van der Waals surface area contributed by atoms with Crippen molar-refractivity contribution in [2.24, 2.45) is 11.8 Å². The minimum absolute atomic E-state index is 0.118. The summed E-state index contributed by atoms with van der Waals surface area (Å²) in [5, 5.41) is 15.1. The Morgan fingerprint density at radius 1 is 1.04 bits per heavy atom. The molecular formula is C21H36N2O5. The van der Waals surface area contributed by atoms with Crippen LogP contribution in [-0.4, -0.2) is 48.2 Å². The highest BCUT2D eigenvalue weighted by molar-refractivity contribution is 5.81. The van der Waals surface area contributed by atoms with E-state index in [4.69, 9.17) is 9.84 Å². The van der Waals surface area contributed by atoms with Gasteiger partial charge in [0.25, 0.3) is 0 Å². The average molecular weight is 397 g/mol. The molecule has 2 aliphatic rings. The lowest BCUT2D eigenvalue weighted by atomic mass is 9.84. The molecule has 28 heavy (non-hydrogen) atoms. The van der Waals surface area contributed by atoms with Gasteiger partial charge >= 0.3 is 5.97 Å². The highest BCUT2D eigenvalue weighted by Crippen LogP contribution is 2.28. The fraction of sp³-hybridized carbons (Fsp3) is 0.857. The standard InChI is InChI=1S/C21H36N2O5/c1-21(14-28-2,13-19(25)26)23-20(27)16-8-10-17(11-9-16)22-18(24)12-15-6-4-3-5-7-15/h15-17H,3-14H2,1-2H3,(H,22,24)(H,23,27)(H,25,26). The number of aliphatic carboxylic acids is 1. The normalized spacial score (nSPS) is 25.5. The Balaban J connectivity index is 1.74. The molecule has 2 saturated carbocycles. The van der Waals surface area contributed by atoms with Gasteiger partial charge in [-0.25, -0.2) is 0 Å². The second-order valence-corrected chi connectivity index (χ2v) is 8.88. The Bertz CT molecular complexity index is 539. The van der Waals surface area contributed by atoms with Crippen LogP contribution in [0.3, 0.4) is 0 Å². The molecule has 0 saturated heterocycles. The number of rotatable bonds is 9. The molecular weight excluding hydrogens is 360 g/mol. The molecule has 3 N–H and O–H groups in total. The summed E-state index contributed by atoms with van der Waals surface area (Å²) < 4.78 is 5.09. The molecule has 0 spiro atoms. The Labute approximate surface area is 168 Å². The molecule has 1 unspecified atom stereocenters. The summed E-state index contributed by atoms with van der Waals surface area (Å²) in [6, 6.07) is 0.143. The minimum atomic E-state index is -0.968. The van der Waals surface area contributed by atoms with Crippen molar-refractivity contribution in [3.05, 3.63) is 0 Å². The van der Waals surface area contributed by atoms with Gasteiger partial charge < -0.3 is 20.5 Å². The molecule has 2 aliphatic carbocycles. The number of hydrogen-bond acceptors (Lipinski definition) is 4. The molecule has 0 radical (unpaired) electrons. The van der Waals surface area contributed by atoms with Crippen LogP contribution in [-0.2, 0) is 19.1 Å². The first-order valence-corrected chi connectivity index (χ1v) is 10.6. The predicted molar refractivity (Wildman–Crippen MR) is 106 cm³/mol. The monoisotopic (exact) mass is 396 g/mol. The molecule has 0 aromatic rings. The minimum Gasteiger partial charge on any atom is -0.481 e. The van der Waals surface area contributed by atoms with Crippen molar-refractivity contribution >= 4 is 17.8 Å². The highest BCUT2D eigenvalue weighted by atomic mass is 16.5. The quantitative estimate of drug-likeness (QED) is 0.556. The van der Waals surface area contributed by atoms with Crippen molar-refractivity contribution in [2.45, 2.75) is 89.1 Å². The lowest BCUT2D eigenvalue weighted by Crippen LogP contribution is -2.53. The summed E-state index contributed by atoms with van der Waals surface area (Å²) in [6.07, 6.45) is 9.53. The number of methoxy groups -OCH3 is 1. The molecule has 1 atom stereocenters. The smallest absolute Gasteiger partial charge is 0.305 e. The zero-order valence-corrected chi connectivity index (χ0v) is 17.3. The Morgan fingerprint density at radius 2 is 1.68 bits per heavy atom. The molecule has 2 amide bonds. The van der Waals surface area contributed by atoms with Gasteiger partial charge in [-0.1, -0.05) is 19.3 Å². The van der Waals surface area contributed by atoms with E-state index in [0.29, 0.717) is 25.2 Å². The molecule has 0 aliphatic heterocycles. The second-order valence-electron chi connectivity index (χ2n) is 8.88. The molecule has 7 heteroatoms. The summed E-state index contributed by atoms with van der Waals surface area (Å²) in [4.78, 5) is 36.0. The van der Waals surface area contributed by atoms with Crippen LogP contribution in [0.15, 0.2) is 0 Å². The van der Waals surface area contributed by atoms with Gasteiger partial charge in [-0.3, -0.25) is 14.4 Å². The summed E-state index contributed by atoms with van der Waals surface area (Å²) >= 11 is 0. The van der Waals surface area contributed by atoms with Crippen molar-refractivity contribution in [3.63, 3.8) is 0 Å². The fourth-order valence-electron chi connectivity index (χ4n) is 4.62. The van der Waals surface area contributed by atoms with Crippen LogP contribution in [0.25, 0.3) is 0 Å². The van der Waals surface area contributed by atoms with E-state index in [9.17, 15) is 14.4 Å². The van der Waals surface area contributed by atoms with Gasteiger partial charge in [-0.05, 0) is 51.4 Å². The summed E-state index contributed by atoms with van der Waals surface area (Å²) in [5.41, 5.74) is -0.914. The molecule has 0 aromatic heterocycles. The van der Waals surface area contributed by atoms with E-state index in [1.54, 1.807) is 6.92 Å². The average Bonchev–Trinajstić information content (AvgIpc) is 2.62.